The van der Waals surface area contributed by atoms with E-state index in [1.54, 1.807) is 0 Å². The Bertz CT molecular complexity index is 416. The number of ether oxygens (including phenoxy) is 1. The van der Waals surface area contributed by atoms with Crippen LogP contribution < -0.4 is 10.6 Å². The van der Waals surface area contributed by atoms with Crippen molar-refractivity contribution in [2.75, 3.05) is 6.54 Å². The summed E-state index contributed by atoms with van der Waals surface area (Å²) in [5.41, 5.74) is 1.01. The Kier molecular flexibility index (Phi) is 6.54. The molecule has 1 saturated carbocycles. The topological polar surface area (TPSA) is 50.4 Å². The summed E-state index contributed by atoms with van der Waals surface area (Å²) in [4.78, 5) is 11.7. The van der Waals surface area contributed by atoms with Crippen molar-refractivity contribution in [1.29, 1.82) is 0 Å². The minimum absolute atomic E-state index is 0.261. The molecule has 1 aromatic rings. The molecule has 1 aromatic carbocycles. The van der Waals surface area contributed by atoms with E-state index in [2.05, 4.69) is 17.6 Å². The number of benzene rings is 1. The van der Waals surface area contributed by atoms with Crippen molar-refractivity contribution < 1.29 is 9.53 Å². The first-order valence-corrected chi connectivity index (χ1v) is 7.98. The summed E-state index contributed by atoms with van der Waals surface area (Å²) in [7, 11) is 0. The third kappa shape index (κ3) is 5.76. The minimum atomic E-state index is -0.312. The van der Waals surface area contributed by atoms with Crippen molar-refractivity contribution >= 4 is 6.09 Å². The normalized spacial score (nSPS) is 20.6. The number of hydrogen-bond acceptors (Lipinski definition) is 3. The predicted octanol–water partition coefficient (Wildman–Crippen LogP) is 3.22. The molecule has 0 spiro atoms. The van der Waals surface area contributed by atoms with E-state index >= 15 is 0 Å². The van der Waals surface area contributed by atoms with Crippen molar-refractivity contribution in [3.05, 3.63) is 35.9 Å². The number of carbonyl (C=O) groups excluding carboxylic acids is 1. The Hall–Kier alpha value is -1.55. The van der Waals surface area contributed by atoms with Gasteiger partial charge in [-0.25, -0.2) is 4.79 Å². The number of unbranched alkanes of at least 4 members (excludes halogenated alkanes) is 2. The molecule has 0 radical (unpaired) electrons. The SMILES string of the molecule is CCCCCNC1CC(NC(=O)OCc2ccccc2)C1. The van der Waals surface area contributed by atoms with Crippen molar-refractivity contribution in [1.82, 2.24) is 10.6 Å². The molecule has 1 fully saturated rings. The summed E-state index contributed by atoms with van der Waals surface area (Å²) in [6.45, 7) is 3.63. The Morgan fingerprint density at radius 1 is 1.19 bits per heavy atom. The second-order valence-corrected chi connectivity index (χ2v) is 5.73. The minimum Gasteiger partial charge on any atom is -0.445 e. The molecular formula is C17H26N2O2. The molecule has 0 saturated heterocycles. The number of alkyl carbamates (subject to hydrolysis) is 1. The third-order valence-corrected chi connectivity index (χ3v) is 3.89. The lowest BCUT2D eigenvalue weighted by atomic mass is 9.87. The number of nitrogens with one attached hydrogen (secondary N) is 2. The molecule has 1 aliphatic rings. The van der Waals surface area contributed by atoms with Gasteiger partial charge in [0.1, 0.15) is 6.61 Å². The maximum atomic E-state index is 11.7. The van der Waals surface area contributed by atoms with Crippen molar-refractivity contribution in [3.8, 4) is 0 Å². The summed E-state index contributed by atoms with van der Waals surface area (Å²) < 4.78 is 5.21. The van der Waals surface area contributed by atoms with E-state index in [-0.39, 0.29) is 12.1 Å². The summed E-state index contributed by atoms with van der Waals surface area (Å²) in [5, 5.41) is 6.44. The van der Waals surface area contributed by atoms with Gasteiger partial charge < -0.3 is 15.4 Å². The molecule has 0 aromatic heterocycles. The number of hydrogen-bond donors (Lipinski definition) is 2. The Morgan fingerprint density at radius 2 is 1.95 bits per heavy atom. The van der Waals surface area contributed by atoms with E-state index < -0.39 is 0 Å². The number of rotatable bonds is 8. The number of carbonyl (C=O) groups is 1. The molecule has 0 heterocycles. The lowest BCUT2D eigenvalue weighted by molar-refractivity contribution is 0.125. The standard InChI is InChI=1S/C17H26N2O2/c1-2-3-7-10-18-15-11-16(12-15)19-17(20)21-13-14-8-5-4-6-9-14/h4-6,8-9,15-16,18H,2-3,7,10-13H2,1H3,(H,19,20). The Morgan fingerprint density at radius 3 is 2.67 bits per heavy atom. The van der Waals surface area contributed by atoms with Gasteiger partial charge in [-0.05, 0) is 31.4 Å². The van der Waals surface area contributed by atoms with Crippen LogP contribution in [0.3, 0.4) is 0 Å². The van der Waals surface area contributed by atoms with Crippen LogP contribution in [-0.2, 0) is 11.3 Å². The fraction of sp³-hybridized carbons (Fsp3) is 0.588. The van der Waals surface area contributed by atoms with Crippen LogP contribution in [-0.4, -0.2) is 24.7 Å². The first-order valence-electron chi connectivity index (χ1n) is 7.98. The molecule has 2 N–H and O–H groups in total. The highest BCUT2D eigenvalue weighted by molar-refractivity contribution is 5.67. The van der Waals surface area contributed by atoms with Crippen LogP contribution in [0.4, 0.5) is 4.79 Å². The molecule has 21 heavy (non-hydrogen) atoms. The van der Waals surface area contributed by atoms with Crippen molar-refractivity contribution in [3.63, 3.8) is 0 Å². The monoisotopic (exact) mass is 290 g/mol. The molecule has 0 atom stereocenters. The summed E-state index contributed by atoms with van der Waals surface area (Å²) in [5.74, 6) is 0. The van der Waals surface area contributed by atoms with Crippen LogP contribution in [0.5, 0.6) is 0 Å². The quantitative estimate of drug-likeness (QED) is 0.723. The molecule has 0 bridgehead atoms. The zero-order chi connectivity index (χ0) is 14.9. The summed E-state index contributed by atoms with van der Waals surface area (Å²) >= 11 is 0. The molecular weight excluding hydrogens is 264 g/mol. The van der Waals surface area contributed by atoms with Crippen LogP contribution in [0.1, 0.15) is 44.6 Å². The van der Waals surface area contributed by atoms with Gasteiger partial charge in [0.25, 0.3) is 0 Å². The summed E-state index contributed by atoms with van der Waals surface area (Å²) in [6.07, 6.45) is 5.48. The molecule has 0 aliphatic heterocycles. The Labute approximate surface area is 127 Å². The van der Waals surface area contributed by atoms with Gasteiger partial charge in [-0.3, -0.25) is 0 Å². The molecule has 4 nitrogen and oxygen atoms in total. The highest BCUT2D eigenvalue weighted by Gasteiger charge is 2.29. The maximum absolute atomic E-state index is 11.7. The van der Waals surface area contributed by atoms with E-state index in [1.807, 2.05) is 30.3 Å². The van der Waals surface area contributed by atoms with Gasteiger partial charge in [-0.15, -0.1) is 0 Å². The Balaban J connectivity index is 1.52. The van der Waals surface area contributed by atoms with Crippen LogP contribution in [0, 0.1) is 0 Å². The van der Waals surface area contributed by atoms with Gasteiger partial charge in [0.15, 0.2) is 0 Å². The lowest BCUT2D eigenvalue weighted by Crippen LogP contribution is -2.52. The van der Waals surface area contributed by atoms with Gasteiger partial charge in [0.05, 0.1) is 0 Å². The largest absolute Gasteiger partial charge is 0.445 e. The molecule has 1 amide bonds. The average molecular weight is 290 g/mol. The van der Waals surface area contributed by atoms with Gasteiger partial charge in [0.2, 0.25) is 0 Å². The van der Waals surface area contributed by atoms with E-state index in [0.29, 0.717) is 12.6 Å². The molecule has 2 rings (SSSR count). The van der Waals surface area contributed by atoms with Gasteiger partial charge >= 0.3 is 6.09 Å². The van der Waals surface area contributed by atoms with Crippen LogP contribution >= 0.6 is 0 Å². The predicted molar refractivity (Wildman–Crippen MR) is 84.1 cm³/mol. The van der Waals surface area contributed by atoms with E-state index in [0.717, 1.165) is 24.9 Å². The molecule has 1 aliphatic carbocycles. The van der Waals surface area contributed by atoms with E-state index in [1.165, 1.54) is 19.3 Å². The smallest absolute Gasteiger partial charge is 0.407 e. The first kappa shape index (κ1) is 15.8. The van der Waals surface area contributed by atoms with Gasteiger partial charge in [-0.2, -0.15) is 0 Å². The zero-order valence-electron chi connectivity index (χ0n) is 12.8. The third-order valence-electron chi connectivity index (χ3n) is 3.89. The van der Waals surface area contributed by atoms with Crippen molar-refractivity contribution in [2.45, 2.75) is 57.7 Å². The number of amides is 1. The van der Waals surface area contributed by atoms with Crippen LogP contribution in [0.25, 0.3) is 0 Å². The van der Waals surface area contributed by atoms with E-state index in [4.69, 9.17) is 4.74 Å². The summed E-state index contributed by atoms with van der Waals surface area (Å²) in [6, 6.07) is 10.6. The fourth-order valence-electron chi connectivity index (χ4n) is 2.52. The van der Waals surface area contributed by atoms with Crippen molar-refractivity contribution in [2.24, 2.45) is 0 Å². The second kappa shape index (κ2) is 8.67. The average Bonchev–Trinajstić information content (AvgIpc) is 2.47. The molecule has 4 heteroatoms. The molecule has 116 valence electrons. The first-order chi connectivity index (χ1) is 10.3. The maximum Gasteiger partial charge on any atom is 0.407 e. The lowest BCUT2D eigenvalue weighted by Gasteiger charge is -2.36. The van der Waals surface area contributed by atoms with Gasteiger partial charge in [0, 0.05) is 12.1 Å². The second-order valence-electron chi connectivity index (χ2n) is 5.73. The fourth-order valence-corrected chi connectivity index (χ4v) is 2.52. The van der Waals surface area contributed by atoms with E-state index in [9.17, 15) is 4.79 Å². The van der Waals surface area contributed by atoms with Crippen LogP contribution in [0.15, 0.2) is 30.3 Å². The highest BCUT2D eigenvalue weighted by atomic mass is 16.5. The van der Waals surface area contributed by atoms with Crippen LogP contribution in [0.2, 0.25) is 0 Å². The highest BCUT2D eigenvalue weighted by Crippen LogP contribution is 2.20. The van der Waals surface area contributed by atoms with Gasteiger partial charge in [-0.1, -0.05) is 50.1 Å². The zero-order valence-corrected chi connectivity index (χ0v) is 12.8. The molecule has 0 unspecified atom stereocenters.